The highest BCUT2D eigenvalue weighted by atomic mass is 32.2. The summed E-state index contributed by atoms with van der Waals surface area (Å²) in [6.45, 7) is 3.90. The number of anilines is 2. The Labute approximate surface area is 140 Å². The molecule has 0 radical (unpaired) electrons. The van der Waals surface area contributed by atoms with Gasteiger partial charge < -0.3 is 10.4 Å². The van der Waals surface area contributed by atoms with Crippen LogP contribution in [0.25, 0.3) is 0 Å². The quantitative estimate of drug-likeness (QED) is 0.850. The molecule has 0 bridgehead atoms. The van der Waals surface area contributed by atoms with Gasteiger partial charge >= 0.3 is 5.97 Å². The number of nitrogens with zero attached hydrogens (tertiary/aromatic N) is 1. The minimum Gasteiger partial charge on any atom is -0.481 e. The number of benzene rings is 1. The van der Waals surface area contributed by atoms with Gasteiger partial charge in [-0.25, -0.2) is 8.42 Å². The summed E-state index contributed by atoms with van der Waals surface area (Å²) < 4.78 is 25.0. The van der Waals surface area contributed by atoms with E-state index in [-0.39, 0.29) is 5.91 Å². The lowest BCUT2D eigenvalue weighted by atomic mass is 10.1. The SMILES string of the molecule is CC1(C)C(C(=O)O)C1C(=O)Nc1ccc2c(c1)N(S(C)(=O)=O)CC2. The lowest BCUT2D eigenvalue weighted by Gasteiger charge is -2.17. The number of hydrogen-bond donors (Lipinski definition) is 2. The number of hydrogen-bond acceptors (Lipinski definition) is 4. The van der Waals surface area contributed by atoms with Gasteiger partial charge in [0.25, 0.3) is 0 Å². The summed E-state index contributed by atoms with van der Waals surface area (Å²) in [6, 6.07) is 5.14. The van der Waals surface area contributed by atoms with Crippen molar-refractivity contribution in [2.45, 2.75) is 20.3 Å². The Morgan fingerprint density at radius 3 is 2.50 bits per heavy atom. The smallest absolute Gasteiger partial charge is 0.307 e. The number of carboxylic acid groups (broad SMARTS) is 1. The third-order valence-electron chi connectivity index (χ3n) is 4.98. The molecule has 1 aromatic rings. The van der Waals surface area contributed by atoms with Gasteiger partial charge in [0, 0.05) is 12.2 Å². The van der Waals surface area contributed by atoms with Crippen LogP contribution in [-0.2, 0) is 26.0 Å². The molecule has 1 aromatic carbocycles. The van der Waals surface area contributed by atoms with E-state index in [1.807, 2.05) is 0 Å². The summed E-state index contributed by atoms with van der Waals surface area (Å²) in [5, 5.41) is 11.9. The average molecular weight is 352 g/mol. The van der Waals surface area contributed by atoms with Crippen LogP contribution >= 0.6 is 0 Å². The molecule has 0 aromatic heterocycles. The van der Waals surface area contributed by atoms with E-state index in [1.165, 1.54) is 4.31 Å². The molecule has 0 saturated heterocycles. The number of sulfonamides is 1. The van der Waals surface area contributed by atoms with Crippen molar-refractivity contribution in [2.24, 2.45) is 17.3 Å². The van der Waals surface area contributed by atoms with Crippen molar-refractivity contribution >= 4 is 33.3 Å². The van der Waals surface area contributed by atoms with Crippen molar-refractivity contribution in [1.82, 2.24) is 0 Å². The van der Waals surface area contributed by atoms with Crippen LogP contribution in [0.3, 0.4) is 0 Å². The van der Waals surface area contributed by atoms with Crippen molar-refractivity contribution in [2.75, 3.05) is 22.4 Å². The van der Waals surface area contributed by atoms with Gasteiger partial charge in [-0.3, -0.25) is 13.9 Å². The molecule has 2 N–H and O–H groups in total. The minimum atomic E-state index is -3.36. The molecule has 2 unspecified atom stereocenters. The van der Waals surface area contributed by atoms with Gasteiger partial charge in [0.15, 0.2) is 0 Å². The van der Waals surface area contributed by atoms with E-state index in [0.29, 0.717) is 24.3 Å². The highest BCUT2D eigenvalue weighted by molar-refractivity contribution is 7.92. The minimum absolute atomic E-state index is 0.351. The van der Waals surface area contributed by atoms with Crippen LogP contribution in [0.1, 0.15) is 19.4 Å². The van der Waals surface area contributed by atoms with E-state index in [9.17, 15) is 23.1 Å². The highest BCUT2D eigenvalue weighted by Gasteiger charge is 2.65. The first-order valence-corrected chi connectivity index (χ1v) is 9.52. The Kier molecular flexibility index (Phi) is 3.63. The fourth-order valence-corrected chi connectivity index (χ4v) is 4.53. The Morgan fingerprint density at radius 2 is 1.96 bits per heavy atom. The monoisotopic (exact) mass is 352 g/mol. The van der Waals surface area contributed by atoms with Gasteiger partial charge in [-0.2, -0.15) is 0 Å². The van der Waals surface area contributed by atoms with Gasteiger partial charge in [0.2, 0.25) is 15.9 Å². The maximum absolute atomic E-state index is 12.4. The molecular formula is C16H20N2O5S. The van der Waals surface area contributed by atoms with Gasteiger partial charge in [0.1, 0.15) is 0 Å². The van der Waals surface area contributed by atoms with E-state index >= 15 is 0 Å². The molecule has 2 aliphatic rings. The summed E-state index contributed by atoms with van der Waals surface area (Å²) in [5.41, 5.74) is 1.38. The first-order valence-electron chi connectivity index (χ1n) is 7.68. The second kappa shape index (κ2) is 5.20. The molecule has 3 rings (SSSR count). The summed E-state index contributed by atoms with van der Waals surface area (Å²) >= 11 is 0. The number of fused-ring (bicyclic) bond motifs is 1. The summed E-state index contributed by atoms with van der Waals surface area (Å²) in [4.78, 5) is 23.6. The molecule has 8 heteroatoms. The standard InChI is InChI=1S/C16H20N2O5S/c1-16(2)12(13(16)15(20)21)14(19)17-10-5-4-9-6-7-18(11(9)8-10)24(3,22)23/h4-5,8,12-13H,6-7H2,1-3H3,(H,17,19)(H,20,21). The third kappa shape index (κ3) is 2.64. The number of aliphatic carboxylic acids is 1. The molecule has 0 spiro atoms. The van der Waals surface area contributed by atoms with Crippen molar-refractivity contribution in [1.29, 1.82) is 0 Å². The first-order chi connectivity index (χ1) is 11.0. The van der Waals surface area contributed by atoms with Crippen LogP contribution in [0.5, 0.6) is 0 Å². The van der Waals surface area contributed by atoms with Crippen LogP contribution in [0.15, 0.2) is 18.2 Å². The van der Waals surface area contributed by atoms with E-state index < -0.39 is 33.2 Å². The number of rotatable bonds is 4. The number of carboxylic acids is 1. The number of amides is 1. The van der Waals surface area contributed by atoms with Crippen LogP contribution in [0.2, 0.25) is 0 Å². The summed E-state index contributed by atoms with van der Waals surface area (Å²) in [7, 11) is -3.36. The molecule has 24 heavy (non-hydrogen) atoms. The zero-order valence-corrected chi connectivity index (χ0v) is 14.6. The molecule has 1 aliphatic heterocycles. The van der Waals surface area contributed by atoms with Gasteiger partial charge in [0.05, 0.1) is 23.8 Å². The topological polar surface area (TPSA) is 104 Å². The Bertz CT molecular complexity index is 831. The third-order valence-corrected chi connectivity index (χ3v) is 6.16. The molecular weight excluding hydrogens is 332 g/mol. The second-order valence-electron chi connectivity index (χ2n) is 7.03. The molecule has 7 nitrogen and oxygen atoms in total. The van der Waals surface area contributed by atoms with E-state index in [1.54, 1.807) is 32.0 Å². The molecule has 1 heterocycles. The zero-order valence-electron chi connectivity index (χ0n) is 13.7. The fourth-order valence-electron chi connectivity index (χ4n) is 3.58. The zero-order chi connectivity index (χ0) is 17.9. The second-order valence-corrected chi connectivity index (χ2v) is 8.94. The predicted octanol–water partition coefficient (Wildman–Crippen LogP) is 1.30. The molecule has 1 amide bonds. The van der Waals surface area contributed by atoms with Crippen LogP contribution < -0.4 is 9.62 Å². The van der Waals surface area contributed by atoms with Gasteiger partial charge in [-0.1, -0.05) is 19.9 Å². The van der Waals surface area contributed by atoms with E-state index in [4.69, 9.17) is 0 Å². The predicted molar refractivity (Wildman–Crippen MR) is 89.4 cm³/mol. The van der Waals surface area contributed by atoms with Gasteiger partial charge in [-0.15, -0.1) is 0 Å². The lowest BCUT2D eigenvalue weighted by molar-refractivity contribution is -0.140. The summed E-state index contributed by atoms with van der Waals surface area (Å²) in [6.07, 6.45) is 1.78. The van der Waals surface area contributed by atoms with Crippen LogP contribution in [0, 0.1) is 17.3 Å². The molecule has 2 atom stereocenters. The average Bonchev–Trinajstić information content (AvgIpc) is 2.82. The van der Waals surface area contributed by atoms with Crippen LogP contribution in [0.4, 0.5) is 11.4 Å². The largest absolute Gasteiger partial charge is 0.481 e. The van der Waals surface area contributed by atoms with E-state index in [0.717, 1.165) is 11.8 Å². The number of carbonyl (C=O) groups is 2. The van der Waals surface area contributed by atoms with Gasteiger partial charge in [-0.05, 0) is 29.5 Å². The highest BCUT2D eigenvalue weighted by Crippen LogP contribution is 2.58. The van der Waals surface area contributed by atoms with Crippen LogP contribution in [-0.4, -0.2) is 38.2 Å². The van der Waals surface area contributed by atoms with Crippen molar-refractivity contribution in [3.8, 4) is 0 Å². The number of nitrogens with one attached hydrogen (secondary N) is 1. The normalized spacial score (nSPS) is 24.4. The molecule has 130 valence electrons. The fraction of sp³-hybridized carbons (Fsp3) is 0.500. The maximum Gasteiger partial charge on any atom is 0.307 e. The van der Waals surface area contributed by atoms with Crippen molar-refractivity contribution < 1.29 is 23.1 Å². The molecule has 1 fully saturated rings. The maximum atomic E-state index is 12.4. The Hall–Kier alpha value is -2.09. The van der Waals surface area contributed by atoms with Crippen molar-refractivity contribution in [3.05, 3.63) is 23.8 Å². The summed E-state index contributed by atoms with van der Waals surface area (Å²) in [5.74, 6) is -2.61. The Morgan fingerprint density at radius 1 is 1.29 bits per heavy atom. The lowest BCUT2D eigenvalue weighted by Crippen LogP contribution is -2.27. The molecule has 1 aliphatic carbocycles. The Balaban J connectivity index is 1.81. The molecule has 1 saturated carbocycles. The number of carbonyl (C=O) groups excluding carboxylic acids is 1. The van der Waals surface area contributed by atoms with E-state index in [2.05, 4.69) is 5.32 Å². The van der Waals surface area contributed by atoms with Crippen molar-refractivity contribution in [3.63, 3.8) is 0 Å². The first kappa shape index (κ1) is 16.8.